The molecule has 0 spiro atoms. The Kier molecular flexibility index (Phi) is 5.31. The van der Waals surface area contributed by atoms with E-state index >= 15 is 0 Å². The Balaban J connectivity index is 1.98. The second kappa shape index (κ2) is 6.32. The van der Waals surface area contributed by atoms with Gasteiger partial charge in [0.1, 0.15) is 6.79 Å². The maximum atomic E-state index is 5.37. The van der Waals surface area contributed by atoms with Crippen molar-refractivity contribution in [2.75, 3.05) is 33.6 Å². The van der Waals surface area contributed by atoms with E-state index in [0.717, 1.165) is 26.1 Å². The minimum atomic E-state index is 0.264. The van der Waals surface area contributed by atoms with Crippen LogP contribution in [0.3, 0.4) is 0 Å². The van der Waals surface area contributed by atoms with E-state index in [9.17, 15) is 0 Å². The van der Waals surface area contributed by atoms with Gasteiger partial charge in [-0.3, -0.25) is 0 Å². The van der Waals surface area contributed by atoms with Crippen LogP contribution in [0.15, 0.2) is 0 Å². The zero-order valence-electron chi connectivity index (χ0n) is 8.41. The molecule has 0 aliphatic carbocycles. The highest BCUT2D eigenvalue weighted by Crippen LogP contribution is 2.04. The van der Waals surface area contributed by atoms with Crippen molar-refractivity contribution in [3.63, 3.8) is 0 Å². The van der Waals surface area contributed by atoms with Crippen LogP contribution >= 0.6 is 0 Å². The first kappa shape index (κ1) is 10.9. The summed E-state index contributed by atoms with van der Waals surface area (Å²) in [6.07, 6.45) is 1.55. The van der Waals surface area contributed by atoms with Gasteiger partial charge in [0.05, 0.1) is 18.8 Å². The fourth-order valence-electron chi connectivity index (χ4n) is 1.19. The van der Waals surface area contributed by atoms with Gasteiger partial charge in [-0.25, -0.2) is 0 Å². The first-order valence-corrected chi connectivity index (χ1v) is 4.75. The van der Waals surface area contributed by atoms with Gasteiger partial charge in [-0.15, -0.1) is 0 Å². The summed E-state index contributed by atoms with van der Waals surface area (Å²) in [6.45, 7) is 5.05. The highest BCUT2D eigenvalue weighted by atomic mass is 16.7. The van der Waals surface area contributed by atoms with E-state index in [0.29, 0.717) is 12.9 Å². The molecule has 2 atom stereocenters. The lowest BCUT2D eigenvalue weighted by atomic mass is 10.2. The molecule has 0 amide bonds. The molecule has 1 heterocycles. The number of ether oxygens (including phenoxy) is 3. The van der Waals surface area contributed by atoms with Crippen LogP contribution in [0.2, 0.25) is 0 Å². The molecule has 1 aliphatic heterocycles. The zero-order chi connectivity index (χ0) is 9.52. The van der Waals surface area contributed by atoms with Crippen molar-refractivity contribution in [3.8, 4) is 0 Å². The molecule has 1 aliphatic rings. The molecule has 78 valence electrons. The maximum absolute atomic E-state index is 5.37. The Bertz CT molecular complexity index is 126. The van der Waals surface area contributed by atoms with E-state index in [1.165, 1.54) is 0 Å². The molecule has 4 heteroatoms. The maximum Gasteiger partial charge on any atom is 0.147 e. The summed E-state index contributed by atoms with van der Waals surface area (Å²) in [5.74, 6) is 0. The highest BCUT2D eigenvalue weighted by Gasteiger charge is 2.13. The van der Waals surface area contributed by atoms with Crippen molar-refractivity contribution >= 4 is 0 Å². The molecule has 1 N–H and O–H groups in total. The summed E-state index contributed by atoms with van der Waals surface area (Å²) in [5, 5.41) is 3.30. The molecule has 1 fully saturated rings. The molecule has 13 heavy (non-hydrogen) atoms. The Labute approximate surface area is 79.5 Å². The number of nitrogens with one attached hydrogen (secondary N) is 1. The Hall–Kier alpha value is -0.160. The number of hydrogen-bond acceptors (Lipinski definition) is 4. The van der Waals surface area contributed by atoms with Crippen LogP contribution in [-0.2, 0) is 14.2 Å². The van der Waals surface area contributed by atoms with Crippen molar-refractivity contribution in [2.24, 2.45) is 0 Å². The van der Waals surface area contributed by atoms with Gasteiger partial charge in [0, 0.05) is 20.2 Å². The number of methoxy groups -OCH3 is 1. The quantitative estimate of drug-likeness (QED) is 0.678. The topological polar surface area (TPSA) is 39.7 Å². The summed E-state index contributed by atoms with van der Waals surface area (Å²) in [4.78, 5) is 0. The molecule has 0 bridgehead atoms. The lowest BCUT2D eigenvalue weighted by molar-refractivity contribution is -0.137. The predicted octanol–water partition coefficient (Wildman–Crippen LogP) is 0.374. The molecule has 0 saturated carbocycles. The summed E-state index contributed by atoms with van der Waals surface area (Å²) in [6, 6.07) is 0. The van der Waals surface area contributed by atoms with Crippen molar-refractivity contribution < 1.29 is 14.2 Å². The Morgan fingerprint density at radius 3 is 3.08 bits per heavy atom. The van der Waals surface area contributed by atoms with Gasteiger partial charge >= 0.3 is 0 Å². The third kappa shape index (κ3) is 4.57. The van der Waals surface area contributed by atoms with Crippen molar-refractivity contribution in [2.45, 2.75) is 25.6 Å². The molecule has 4 nitrogen and oxygen atoms in total. The first-order chi connectivity index (χ1) is 6.33. The van der Waals surface area contributed by atoms with Gasteiger partial charge in [0.25, 0.3) is 0 Å². The van der Waals surface area contributed by atoms with Crippen LogP contribution < -0.4 is 5.32 Å². The Morgan fingerprint density at radius 1 is 1.62 bits per heavy atom. The molecule has 2 unspecified atom stereocenters. The smallest absolute Gasteiger partial charge is 0.147 e. The van der Waals surface area contributed by atoms with Crippen molar-refractivity contribution in [1.82, 2.24) is 5.32 Å². The van der Waals surface area contributed by atoms with E-state index < -0.39 is 0 Å². The first-order valence-electron chi connectivity index (χ1n) is 4.75. The third-order valence-corrected chi connectivity index (χ3v) is 2.18. The van der Waals surface area contributed by atoms with Crippen LogP contribution in [0.4, 0.5) is 0 Å². The van der Waals surface area contributed by atoms with E-state index in [1.54, 1.807) is 7.11 Å². The number of rotatable bonds is 5. The molecule has 0 aromatic heterocycles. The third-order valence-electron chi connectivity index (χ3n) is 2.18. The fourth-order valence-corrected chi connectivity index (χ4v) is 1.19. The SMILES string of the molecule is COC(C)CNCC1CCOCO1. The molecule has 1 rings (SSSR count). The fraction of sp³-hybridized carbons (Fsp3) is 1.00. The lowest BCUT2D eigenvalue weighted by Gasteiger charge is -2.23. The number of hydrogen-bond donors (Lipinski definition) is 1. The van der Waals surface area contributed by atoms with Gasteiger partial charge in [-0.05, 0) is 13.3 Å². The lowest BCUT2D eigenvalue weighted by Crippen LogP contribution is -2.37. The van der Waals surface area contributed by atoms with E-state index in [4.69, 9.17) is 14.2 Å². The summed E-state index contributed by atoms with van der Waals surface area (Å²) < 4.78 is 15.6. The van der Waals surface area contributed by atoms with E-state index in [2.05, 4.69) is 5.32 Å². The van der Waals surface area contributed by atoms with Gasteiger partial charge in [0.15, 0.2) is 0 Å². The van der Waals surface area contributed by atoms with Gasteiger partial charge in [0.2, 0.25) is 0 Å². The summed E-state index contributed by atoms with van der Waals surface area (Å²) >= 11 is 0. The van der Waals surface area contributed by atoms with Crippen LogP contribution in [0.5, 0.6) is 0 Å². The summed E-state index contributed by atoms with van der Waals surface area (Å²) in [7, 11) is 1.72. The standard InChI is InChI=1S/C9H19NO3/c1-8(11-2)5-10-6-9-3-4-12-7-13-9/h8-10H,3-7H2,1-2H3. The van der Waals surface area contributed by atoms with Crippen molar-refractivity contribution in [1.29, 1.82) is 0 Å². The average Bonchev–Trinajstić information content (AvgIpc) is 2.19. The largest absolute Gasteiger partial charge is 0.380 e. The normalized spacial score (nSPS) is 25.8. The van der Waals surface area contributed by atoms with Gasteiger partial charge in [-0.2, -0.15) is 0 Å². The van der Waals surface area contributed by atoms with E-state index in [1.807, 2.05) is 6.92 Å². The predicted molar refractivity (Wildman–Crippen MR) is 49.6 cm³/mol. The molecule has 0 radical (unpaired) electrons. The van der Waals surface area contributed by atoms with Crippen molar-refractivity contribution in [3.05, 3.63) is 0 Å². The van der Waals surface area contributed by atoms with E-state index in [-0.39, 0.29) is 6.10 Å². The van der Waals surface area contributed by atoms with Crippen LogP contribution in [-0.4, -0.2) is 45.8 Å². The van der Waals surface area contributed by atoms with Crippen LogP contribution in [0.1, 0.15) is 13.3 Å². The average molecular weight is 189 g/mol. The molecule has 0 aromatic rings. The summed E-state index contributed by atoms with van der Waals surface area (Å²) in [5.41, 5.74) is 0. The molecule has 1 saturated heterocycles. The molecular weight excluding hydrogens is 170 g/mol. The minimum Gasteiger partial charge on any atom is -0.380 e. The second-order valence-corrected chi connectivity index (χ2v) is 3.31. The van der Waals surface area contributed by atoms with Crippen LogP contribution in [0.25, 0.3) is 0 Å². The van der Waals surface area contributed by atoms with Gasteiger partial charge < -0.3 is 19.5 Å². The monoisotopic (exact) mass is 189 g/mol. The second-order valence-electron chi connectivity index (χ2n) is 3.31. The van der Waals surface area contributed by atoms with Crippen LogP contribution in [0, 0.1) is 0 Å². The molecule has 0 aromatic carbocycles. The van der Waals surface area contributed by atoms with Gasteiger partial charge in [-0.1, -0.05) is 0 Å². The zero-order valence-corrected chi connectivity index (χ0v) is 8.41. The minimum absolute atomic E-state index is 0.264. The highest BCUT2D eigenvalue weighted by molar-refractivity contribution is 4.64. The Morgan fingerprint density at radius 2 is 2.46 bits per heavy atom. The molecular formula is C9H19NO3.